The topological polar surface area (TPSA) is 71.5 Å². The van der Waals surface area contributed by atoms with Crippen LogP contribution >= 0.6 is 11.9 Å². The lowest BCUT2D eigenvalue weighted by Crippen LogP contribution is -2.43. The maximum absolute atomic E-state index is 10.8. The van der Waals surface area contributed by atoms with Gasteiger partial charge in [0.2, 0.25) is 0 Å². The van der Waals surface area contributed by atoms with Crippen molar-refractivity contribution in [1.29, 1.82) is 0 Å². The first kappa shape index (κ1) is 22.1. The molecule has 7 nitrogen and oxygen atoms in total. The lowest BCUT2D eigenvalue weighted by molar-refractivity contribution is -0.139. The number of hydrogen-bond donors (Lipinski definition) is 1. The third-order valence-corrected chi connectivity index (χ3v) is 5.64. The van der Waals surface area contributed by atoms with Gasteiger partial charge in [0.05, 0.1) is 13.2 Å². The highest BCUT2D eigenvalue weighted by Crippen LogP contribution is 2.33. The normalized spacial score (nSPS) is 14.6. The van der Waals surface area contributed by atoms with Crippen LogP contribution in [0.15, 0.2) is 47.4 Å². The van der Waals surface area contributed by atoms with Crippen molar-refractivity contribution in [3.05, 3.63) is 42.5 Å². The molecule has 0 spiro atoms. The second-order valence-corrected chi connectivity index (χ2v) is 8.33. The SMILES string of the molecule is COc1ccc(N2CCN(Sc3ccc(OC(C)C)cc3)CC2)cc1OCC(=O)O. The molecule has 0 aliphatic carbocycles. The summed E-state index contributed by atoms with van der Waals surface area (Å²) in [6, 6.07) is 13.8. The highest BCUT2D eigenvalue weighted by molar-refractivity contribution is 7.97. The Kier molecular flexibility index (Phi) is 7.70. The molecule has 3 rings (SSSR count). The van der Waals surface area contributed by atoms with Crippen LogP contribution < -0.4 is 19.1 Å². The van der Waals surface area contributed by atoms with Crippen LogP contribution in [-0.4, -0.2) is 61.4 Å². The summed E-state index contributed by atoms with van der Waals surface area (Å²) in [6.45, 7) is 7.20. The van der Waals surface area contributed by atoms with Crippen molar-refractivity contribution >= 4 is 23.6 Å². The first-order valence-electron chi connectivity index (χ1n) is 9.92. The summed E-state index contributed by atoms with van der Waals surface area (Å²) in [5, 5.41) is 8.87. The van der Waals surface area contributed by atoms with Crippen LogP contribution in [0, 0.1) is 0 Å². The molecule has 1 heterocycles. The lowest BCUT2D eigenvalue weighted by Gasteiger charge is -2.35. The van der Waals surface area contributed by atoms with Gasteiger partial charge in [-0.2, -0.15) is 0 Å². The van der Waals surface area contributed by atoms with Crippen molar-refractivity contribution in [2.75, 3.05) is 44.8 Å². The summed E-state index contributed by atoms with van der Waals surface area (Å²) in [5.41, 5.74) is 0.996. The number of methoxy groups -OCH3 is 1. The maximum Gasteiger partial charge on any atom is 0.341 e. The molecule has 1 fully saturated rings. The fourth-order valence-electron chi connectivity index (χ4n) is 3.15. The first-order chi connectivity index (χ1) is 14.4. The Labute approximate surface area is 181 Å². The van der Waals surface area contributed by atoms with Gasteiger partial charge < -0.3 is 24.2 Å². The predicted octanol–water partition coefficient (Wildman–Crippen LogP) is 3.78. The van der Waals surface area contributed by atoms with E-state index in [2.05, 4.69) is 21.3 Å². The Morgan fingerprint density at radius 3 is 2.37 bits per heavy atom. The Hall–Kier alpha value is -2.58. The van der Waals surface area contributed by atoms with Gasteiger partial charge >= 0.3 is 5.97 Å². The summed E-state index contributed by atoms with van der Waals surface area (Å²) in [4.78, 5) is 14.3. The molecule has 1 aliphatic rings. The van der Waals surface area contributed by atoms with Crippen LogP contribution in [-0.2, 0) is 4.79 Å². The molecule has 0 atom stereocenters. The average molecular weight is 433 g/mol. The van der Waals surface area contributed by atoms with Crippen molar-refractivity contribution < 1.29 is 24.1 Å². The van der Waals surface area contributed by atoms with E-state index in [1.807, 2.05) is 44.2 Å². The van der Waals surface area contributed by atoms with E-state index in [4.69, 9.17) is 19.3 Å². The van der Waals surface area contributed by atoms with Gasteiger partial charge in [-0.1, -0.05) is 0 Å². The second-order valence-electron chi connectivity index (χ2n) is 7.16. The van der Waals surface area contributed by atoms with Crippen LogP contribution in [0.1, 0.15) is 13.8 Å². The predicted molar refractivity (Wildman–Crippen MR) is 118 cm³/mol. The molecule has 0 saturated carbocycles. The lowest BCUT2D eigenvalue weighted by atomic mass is 10.2. The standard InChI is InChI=1S/C22H28N2O5S/c1-16(2)29-18-5-7-19(8-6-18)30-24-12-10-23(11-13-24)17-4-9-20(27-3)21(14-17)28-15-22(25)26/h4-9,14,16H,10-13,15H2,1-3H3,(H,25,26). The number of nitrogens with zero attached hydrogens (tertiary/aromatic N) is 2. The number of piperazine rings is 1. The number of hydrogen-bond acceptors (Lipinski definition) is 7. The van der Waals surface area contributed by atoms with E-state index in [-0.39, 0.29) is 6.10 Å². The molecule has 8 heteroatoms. The van der Waals surface area contributed by atoms with Crippen LogP contribution in [0.2, 0.25) is 0 Å². The third kappa shape index (κ3) is 6.21. The minimum atomic E-state index is -1.02. The monoisotopic (exact) mass is 432 g/mol. The van der Waals surface area contributed by atoms with Crippen molar-refractivity contribution in [3.8, 4) is 17.2 Å². The zero-order valence-electron chi connectivity index (χ0n) is 17.5. The number of benzene rings is 2. The average Bonchev–Trinajstić information content (AvgIpc) is 2.73. The van der Waals surface area contributed by atoms with E-state index in [0.29, 0.717) is 11.5 Å². The van der Waals surface area contributed by atoms with Crippen molar-refractivity contribution in [2.24, 2.45) is 0 Å². The molecule has 2 aromatic rings. The summed E-state index contributed by atoms with van der Waals surface area (Å²) in [5.74, 6) is 0.841. The highest BCUT2D eigenvalue weighted by Gasteiger charge is 2.20. The van der Waals surface area contributed by atoms with Gasteiger partial charge in [0, 0.05) is 42.8 Å². The smallest absolute Gasteiger partial charge is 0.341 e. The number of carboxylic acid groups (broad SMARTS) is 1. The molecule has 0 bridgehead atoms. The Morgan fingerprint density at radius 2 is 1.77 bits per heavy atom. The maximum atomic E-state index is 10.8. The van der Waals surface area contributed by atoms with Crippen LogP contribution in [0.4, 0.5) is 5.69 Å². The van der Waals surface area contributed by atoms with E-state index in [1.54, 1.807) is 19.1 Å². The molecule has 1 N–H and O–H groups in total. The van der Waals surface area contributed by atoms with Gasteiger partial charge in [0.15, 0.2) is 18.1 Å². The summed E-state index contributed by atoms with van der Waals surface area (Å²) >= 11 is 1.75. The van der Waals surface area contributed by atoms with E-state index >= 15 is 0 Å². The fourth-order valence-corrected chi connectivity index (χ4v) is 4.05. The largest absolute Gasteiger partial charge is 0.493 e. The number of ether oxygens (including phenoxy) is 3. The van der Waals surface area contributed by atoms with Gasteiger partial charge in [-0.3, -0.25) is 0 Å². The van der Waals surface area contributed by atoms with Crippen molar-refractivity contribution in [2.45, 2.75) is 24.8 Å². The van der Waals surface area contributed by atoms with E-state index in [0.717, 1.165) is 37.6 Å². The van der Waals surface area contributed by atoms with E-state index < -0.39 is 12.6 Å². The number of carbonyl (C=O) groups is 1. The van der Waals surface area contributed by atoms with Gasteiger partial charge in [0.1, 0.15) is 5.75 Å². The third-order valence-electron chi connectivity index (χ3n) is 4.53. The number of carboxylic acids is 1. The van der Waals surface area contributed by atoms with E-state index in [1.165, 1.54) is 4.90 Å². The molecule has 2 aromatic carbocycles. The highest BCUT2D eigenvalue weighted by atomic mass is 32.2. The summed E-state index contributed by atoms with van der Waals surface area (Å²) in [6.07, 6.45) is 0.171. The second kappa shape index (κ2) is 10.4. The molecule has 162 valence electrons. The Bertz CT molecular complexity index is 836. The number of aliphatic carboxylic acids is 1. The van der Waals surface area contributed by atoms with E-state index in [9.17, 15) is 4.79 Å². The number of rotatable bonds is 9. The molecule has 1 aliphatic heterocycles. The van der Waals surface area contributed by atoms with Crippen LogP contribution in [0.3, 0.4) is 0 Å². The molecule has 30 heavy (non-hydrogen) atoms. The summed E-state index contributed by atoms with van der Waals surface area (Å²) in [7, 11) is 1.54. The van der Waals surface area contributed by atoms with Gasteiger partial charge in [-0.15, -0.1) is 0 Å². The molecule has 0 unspecified atom stereocenters. The van der Waals surface area contributed by atoms with Gasteiger partial charge in [0.25, 0.3) is 0 Å². The zero-order valence-corrected chi connectivity index (χ0v) is 18.4. The minimum Gasteiger partial charge on any atom is -0.493 e. The quantitative estimate of drug-likeness (QED) is 0.601. The molecule has 0 radical (unpaired) electrons. The van der Waals surface area contributed by atoms with Gasteiger partial charge in [-0.05, 0) is 62.2 Å². The molecule has 0 amide bonds. The van der Waals surface area contributed by atoms with Crippen molar-refractivity contribution in [3.63, 3.8) is 0 Å². The van der Waals surface area contributed by atoms with Crippen LogP contribution in [0.25, 0.3) is 0 Å². The molecular weight excluding hydrogens is 404 g/mol. The number of anilines is 1. The zero-order chi connectivity index (χ0) is 21.5. The first-order valence-corrected chi connectivity index (χ1v) is 10.7. The van der Waals surface area contributed by atoms with Crippen LogP contribution in [0.5, 0.6) is 17.2 Å². The molecule has 0 aromatic heterocycles. The Morgan fingerprint density at radius 1 is 1.07 bits per heavy atom. The molecular formula is C22H28N2O5S. The molecule has 1 saturated heterocycles. The summed E-state index contributed by atoms with van der Waals surface area (Å²) < 4.78 is 18.7. The minimum absolute atomic E-state index is 0.171. The fraction of sp³-hybridized carbons (Fsp3) is 0.409. The van der Waals surface area contributed by atoms with Crippen molar-refractivity contribution in [1.82, 2.24) is 4.31 Å². The van der Waals surface area contributed by atoms with Gasteiger partial charge in [-0.25, -0.2) is 9.10 Å². The Balaban J connectivity index is 1.56.